The molecule has 0 aliphatic heterocycles. The van der Waals surface area contributed by atoms with Gasteiger partial charge in [-0.3, -0.25) is 0 Å². The van der Waals surface area contributed by atoms with Crippen molar-refractivity contribution < 1.29 is 14.3 Å². The van der Waals surface area contributed by atoms with Crippen molar-refractivity contribution in [3.8, 4) is 11.5 Å². The van der Waals surface area contributed by atoms with Crippen LogP contribution in [0.5, 0.6) is 11.5 Å². The molecule has 0 saturated carbocycles. The Labute approximate surface area is 119 Å². The smallest absolute Gasteiger partial charge is 0.127 e. The Hall–Kier alpha value is -2.29. The maximum atomic E-state index is 11.4. The minimum Gasteiger partial charge on any atom is -0.497 e. The Balaban J connectivity index is 2.21. The van der Waals surface area contributed by atoms with Gasteiger partial charge < -0.3 is 14.3 Å². The lowest BCUT2D eigenvalue weighted by Gasteiger charge is -2.12. The summed E-state index contributed by atoms with van der Waals surface area (Å²) < 4.78 is 10.4. The van der Waals surface area contributed by atoms with Gasteiger partial charge in [0.15, 0.2) is 0 Å². The summed E-state index contributed by atoms with van der Waals surface area (Å²) in [6.45, 7) is 0. The first-order chi connectivity index (χ1) is 9.76. The number of carbonyl (C=O) groups is 1. The summed E-state index contributed by atoms with van der Waals surface area (Å²) >= 11 is 0. The molecule has 0 aliphatic rings. The summed E-state index contributed by atoms with van der Waals surface area (Å²) in [5, 5.41) is 0. The van der Waals surface area contributed by atoms with Gasteiger partial charge in [-0.2, -0.15) is 0 Å². The molecule has 0 saturated heterocycles. The molecule has 20 heavy (non-hydrogen) atoms. The van der Waals surface area contributed by atoms with E-state index in [0.717, 1.165) is 28.9 Å². The van der Waals surface area contributed by atoms with Crippen LogP contribution in [0.4, 0.5) is 0 Å². The summed E-state index contributed by atoms with van der Waals surface area (Å²) in [5.41, 5.74) is 2.03. The van der Waals surface area contributed by atoms with Crippen LogP contribution in [0.25, 0.3) is 0 Å². The molecule has 0 N–H and O–H groups in total. The Bertz CT molecular complexity index is 578. The molecule has 0 aromatic heterocycles. The van der Waals surface area contributed by atoms with Gasteiger partial charge in [-0.1, -0.05) is 24.3 Å². The standard InChI is InChI=1S/C17H18O3/c1-19-16-7-3-5-13(10-16)9-15(12-18)14-6-4-8-17(11-14)20-2/h3-8,10-12,15H,9H2,1-2H3. The fourth-order valence-electron chi connectivity index (χ4n) is 2.17. The van der Waals surface area contributed by atoms with E-state index in [1.165, 1.54) is 0 Å². The number of carbonyl (C=O) groups excluding carboxylic acids is 1. The van der Waals surface area contributed by atoms with Crippen molar-refractivity contribution in [3.05, 3.63) is 59.7 Å². The van der Waals surface area contributed by atoms with Gasteiger partial charge in [-0.05, 0) is 41.8 Å². The van der Waals surface area contributed by atoms with Crippen LogP contribution in [0.2, 0.25) is 0 Å². The fraction of sp³-hybridized carbons (Fsp3) is 0.235. The van der Waals surface area contributed by atoms with E-state index in [-0.39, 0.29) is 5.92 Å². The average Bonchev–Trinajstić information content (AvgIpc) is 2.52. The minimum atomic E-state index is -0.183. The van der Waals surface area contributed by atoms with Gasteiger partial charge >= 0.3 is 0 Å². The van der Waals surface area contributed by atoms with E-state index < -0.39 is 0 Å². The molecule has 3 heteroatoms. The third-order valence-electron chi connectivity index (χ3n) is 3.28. The Morgan fingerprint density at radius 3 is 2.30 bits per heavy atom. The normalized spacial score (nSPS) is 11.7. The molecule has 2 aromatic carbocycles. The molecule has 0 aliphatic carbocycles. The van der Waals surface area contributed by atoms with Gasteiger partial charge in [0.25, 0.3) is 0 Å². The van der Waals surface area contributed by atoms with Gasteiger partial charge in [-0.15, -0.1) is 0 Å². The zero-order valence-electron chi connectivity index (χ0n) is 11.7. The van der Waals surface area contributed by atoms with Gasteiger partial charge in [-0.25, -0.2) is 0 Å². The fourth-order valence-corrected chi connectivity index (χ4v) is 2.17. The number of methoxy groups -OCH3 is 2. The van der Waals surface area contributed by atoms with Crippen molar-refractivity contribution in [1.82, 2.24) is 0 Å². The summed E-state index contributed by atoms with van der Waals surface area (Å²) in [5.74, 6) is 1.38. The monoisotopic (exact) mass is 270 g/mol. The van der Waals surface area contributed by atoms with Gasteiger partial charge in [0.2, 0.25) is 0 Å². The molecule has 0 bridgehead atoms. The largest absolute Gasteiger partial charge is 0.497 e. The van der Waals surface area contributed by atoms with Crippen molar-refractivity contribution in [2.45, 2.75) is 12.3 Å². The van der Waals surface area contributed by atoms with E-state index in [2.05, 4.69) is 0 Å². The number of benzene rings is 2. The van der Waals surface area contributed by atoms with E-state index >= 15 is 0 Å². The molecule has 2 rings (SSSR count). The molecule has 0 amide bonds. The van der Waals surface area contributed by atoms with E-state index in [1.807, 2.05) is 48.5 Å². The molecule has 1 atom stereocenters. The Morgan fingerprint density at radius 1 is 1.00 bits per heavy atom. The highest BCUT2D eigenvalue weighted by atomic mass is 16.5. The van der Waals surface area contributed by atoms with Crippen LogP contribution < -0.4 is 9.47 Å². The Morgan fingerprint density at radius 2 is 1.65 bits per heavy atom. The van der Waals surface area contributed by atoms with Crippen molar-refractivity contribution in [1.29, 1.82) is 0 Å². The summed E-state index contributed by atoms with van der Waals surface area (Å²) in [7, 11) is 3.26. The van der Waals surface area contributed by atoms with Crippen LogP contribution in [-0.2, 0) is 11.2 Å². The van der Waals surface area contributed by atoms with Gasteiger partial charge in [0.05, 0.1) is 14.2 Å². The van der Waals surface area contributed by atoms with E-state index in [1.54, 1.807) is 14.2 Å². The highest BCUT2D eigenvalue weighted by Crippen LogP contribution is 2.24. The molecular formula is C17H18O3. The minimum absolute atomic E-state index is 0.183. The van der Waals surface area contributed by atoms with Crippen LogP contribution in [0.15, 0.2) is 48.5 Å². The van der Waals surface area contributed by atoms with Crippen LogP contribution in [0, 0.1) is 0 Å². The number of ether oxygens (including phenoxy) is 2. The summed E-state index contributed by atoms with van der Waals surface area (Å²) in [4.78, 5) is 11.4. The van der Waals surface area contributed by atoms with Gasteiger partial charge in [0.1, 0.15) is 17.8 Å². The topological polar surface area (TPSA) is 35.5 Å². The first kappa shape index (κ1) is 14.1. The van der Waals surface area contributed by atoms with Crippen LogP contribution >= 0.6 is 0 Å². The zero-order valence-corrected chi connectivity index (χ0v) is 11.7. The second-order valence-corrected chi connectivity index (χ2v) is 4.57. The maximum Gasteiger partial charge on any atom is 0.127 e. The molecule has 0 radical (unpaired) electrons. The third-order valence-corrected chi connectivity index (χ3v) is 3.28. The van der Waals surface area contributed by atoms with Crippen molar-refractivity contribution in [3.63, 3.8) is 0 Å². The summed E-state index contributed by atoms with van der Waals surface area (Å²) in [6.07, 6.45) is 1.63. The Kier molecular flexibility index (Phi) is 4.77. The molecule has 0 spiro atoms. The summed E-state index contributed by atoms with van der Waals surface area (Å²) in [6, 6.07) is 15.4. The molecule has 2 aromatic rings. The number of hydrogen-bond donors (Lipinski definition) is 0. The van der Waals surface area contributed by atoms with E-state index in [0.29, 0.717) is 6.42 Å². The lowest BCUT2D eigenvalue weighted by molar-refractivity contribution is -0.109. The molecule has 3 nitrogen and oxygen atoms in total. The quantitative estimate of drug-likeness (QED) is 0.756. The third kappa shape index (κ3) is 3.38. The lowest BCUT2D eigenvalue weighted by Crippen LogP contribution is -2.05. The van der Waals surface area contributed by atoms with Crippen molar-refractivity contribution >= 4 is 6.29 Å². The zero-order chi connectivity index (χ0) is 14.4. The first-order valence-corrected chi connectivity index (χ1v) is 6.49. The average molecular weight is 270 g/mol. The van der Waals surface area contributed by atoms with Crippen molar-refractivity contribution in [2.75, 3.05) is 14.2 Å². The molecule has 104 valence electrons. The van der Waals surface area contributed by atoms with Gasteiger partial charge in [0, 0.05) is 5.92 Å². The number of rotatable bonds is 6. The maximum absolute atomic E-state index is 11.4. The number of hydrogen-bond acceptors (Lipinski definition) is 3. The second-order valence-electron chi connectivity index (χ2n) is 4.57. The second kappa shape index (κ2) is 6.75. The molecule has 0 fully saturated rings. The van der Waals surface area contributed by atoms with Crippen LogP contribution in [-0.4, -0.2) is 20.5 Å². The molecule has 1 unspecified atom stereocenters. The highest BCUT2D eigenvalue weighted by molar-refractivity contribution is 5.63. The number of aldehydes is 1. The predicted octanol–water partition coefficient (Wildman–Crippen LogP) is 3.23. The van der Waals surface area contributed by atoms with Crippen molar-refractivity contribution in [2.24, 2.45) is 0 Å². The molecule has 0 heterocycles. The predicted molar refractivity (Wildman–Crippen MR) is 78.5 cm³/mol. The highest BCUT2D eigenvalue weighted by Gasteiger charge is 2.12. The SMILES string of the molecule is COc1cccc(CC(C=O)c2cccc(OC)c2)c1. The lowest BCUT2D eigenvalue weighted by atomic mass is 9.93. The van der Waals surface area contributed by atoms with E-state index in [9.17, 15) is 4.79 Å². The van der Waals surface area contributed by atoms with Crippen LogP contribution in [0.1, 0.15) is 17.0 Å². The van der Waals surface area contributed by atoms with E-state index in [4.69, 9.17) is 9.47 Å². The molecular weight excluding hydrogens is 252 g/mol. The first-order valence-electron chi connectivity index (χ1n) is 6.49. The van der Waals surface area contributed by atoms with Crippen LogP contribution in [0.3, 0.4) is 0 Å².